The zero-order valence-electron chi connectivity index (χ0n) is 8.39. The predicted molar refractivity (Wildman–Crippen MR) is 56.9 cm³/mol. The van der Waals surface area contributed by atoms with Gasteiger partial charge in [0.25, 0.3) is 0 Å². The number of phenols is 1. The fraction of sp³-hybridized carbons (Fsp3) is 0.364. The number of Topliss-reactive ketones (excluding diaryl/α,β-unsaturated/α-hetero) is 1. The molecule has 0 heterocycles. The van der Waals surface area contributed by atoms with E-state index in [1.165, 1.54) is 0 Å². The van der Waals surface area contributed by atoms with Crippen molar-refractivity contribution in [2.75, 3.05) is 0 Å². The van der Waals surface area contributed by atoms with Gasteiger partial charge in [-0.1, -0.05) is 24.9 Å². The number of rotatable bonds is 4. The van der Waals surface area contributed by atoms with E-state index in [0.717, 1.165) is 18.6 Å². The highest BCUT2D eigenvalue weighted by molar-refractivity contribution is 6.32. The number of aromatic hydroxyl groups is 1. The molecule has 1 aromatic carbocycles. The number of hydrogen-bond donors (Lipinski definition) is 1. The quantitative estimate of drug-likeness (QED) is 0.803. The van der Waals surface area contributed by atoms with Crippen LogP contribution >= 0.6 is 11.6 Å². The summed E-state index contributed by atoms with van der Waals surface area (Å²) in [6, 6.07) is 1.99. The van der Waals surface area contributed by atoms with Gasteiger partial charge in [0.1, 0.15) is 11.6 Å². The maximum atomic E-state index is 12.9. The monoisotopic (exact) mass is 230 g/mol. The number of hydrogen-bond acceptors (Lipinski definition) is 2. The molecule has 0 saturated carbocycles. The summed E-state index contributed by atoms with van der Waals surface area (Å²) in [5.41, 5.74) is -0.0338. The molecule has 0 fully saturated rings. The second kappa shape index (κ2) is 5.12. The van der Waals surface area contributed by atoms with E-state index in [1.807, 2.05) is 6.92 Å². The highest BCUT2D eigenvalue weighted by atomic mass is 35.5. The topological polar surface area (TPSA) is 37.3 Å². The third-order valence-electron chi connectivity index (χ3n) is 2.09. The van der Waals surface area contributed by atoms with Gasteiger partial charge in [0.05, 0.1) is 10.6 Å². The van der Waals surface area contributed by atoms with E-state index < -0.39 is 5.82 Å². The zero-order valence-corrected chi connectivity index (χ0v) is 9.14. The highest BCUT2D eigenvalue weighted by Crippen LogP contribution is 2.29. The lowest BCUT2D eigenvalue weighted by Gasteiger charge is -2.05. The molecule has 0 aliphatic heterocycles. The number of benzene rings is 1. The van der Waals surface area contributed by atoms with Crippen molar-refractivity contribution in [3.63, 3.8) is 0 Å². The predicted octanol–water partition coefficient (Wildman–Crippen LogP) is 3.56. The summed E-state index contributed by atoms with van der Waals surface area (Å²) in [6.07, 6.45) is 1.88. The van der Waals surface area contributed by atoms with Crippen molar-refractivity contribution in [2.45, 2.75) is 26.2 Å². The van der Waals surface area contributed by atoms with Crippen LogP contribution in [0.1, 0.15) is 36.5 Å². The first-order valence-corrected chi connectivity index (χ1v) is 5.15. The molecule has 0 saturated heterocycles. The number of unbranched alkanes of at least 4 members (excludes halogenated alkanes) is 1. The molecule has 82 valence electrons. The molecule has 0 aromatic heterocycles. The van der Waals surface area contributed by atoms with Crippen LogP contribution in [0.3, 0.4) is 0 Å². The zero-order chi connectivity index (χ0) is 11.4. The Morgan fingerprint density at radius 1 is 1.53 bits per heavy atom. The van der Waals surface area contributed by atoms with Crippen LogP contribution in [-0.4, -0.2) is 10.9 Å². The van der Waals surface area contributed by atoms with Crippen LogP contribution in [0, 0.1) is 5.82 Å². The summed E-state index contributed by atoms with van der Waals surface area (Å²) in [4.78, 5) is 11.5. The van der Waals surface area contributed by atoms with Crippen molar-refractivity contribution in [3.05, 3.63) is 28.5 Å². The molecule has 0 radical (unpaired) electrons. The van der Waals surface area contributed by atoms with Gasteiger partial charge in [-0.3, -0.25) is 4.79 Å². The number of carbonyl (C=O) groups is 1. The number of halogens is 2. The number of phenolic OH excluding ortho intramolecular Hbond substituents is 1. The Morgan fingerprint density at radius 3 is 2.80 bits per heavy atom. The van der Waals surface area contributed by atoms with Crippen molar-refractivity contribution in [1.29, 1.82) is 0 Å². The van der Waals surface area contributed by atoms with Gasteiger partial charge in [-0.25, -0.2) is 4.39 Å². The molecule has 1 N–H and O–H groups in total. The summed E-state index contributed by atoms with van der Waals surface area (Å²) in [6.45, 7) is 1.95. The summed E-state index contributed by atoms with van der Waals surface area (Å²) in [7, 11) is 0. The van der Waals surface area contributed by atoms with Gasteiger partial charge in [-0.2, -0.15) is 0 Å². The lowest BCUT2D eigenvalue weighted by molar-refractivity contribution is 0.0976. The molecule has 0 atom stereocenters. The van der Waals surface area contributed by atoms with E-state index in [1.54, 1.807) is 0 Å². The lowest BCUT2D eigenvalue weighted by Crippen LogP contribution is -2.00. The molecule has 0 bridgehead atoms. The van der Waals surface area contributed by atoms with Gasteiger partial charge in [-0.15, -0.1) is 0 Å². The van der Waals surface area contributed by atoms with Crippen LogP contribution in [0.4, 0.5) is 4.39 Å². The highest BCUT2D eigenvalue weighted by Gasteiger charge is 2.15. The lowest BCUT2D eigenvalue weighted by atomic mass is 10.0. The van der Waals surface area contributed by atoms with Crippen molar-refractivity contribution in [2.24, 2.45) is 0 Å². The number of carbonyl (C=O) groups excluding carboxylic acids is 1. The Bertz CT molecular complexity index is 377. The molecule has 1 aromatic rings. The minimum Gasteiger partial charge on any atom is -0.506 e. The molecule has 0 aliphatic carbocycles. The van der Waals surface area contributed by atoms with Gasteiger partial charge in [-0.05, 0) is 18.6 Å². The van der Waals surface area contributed by atoms with Crippen LogP contribution < -0.4 is 0 Å². The van der Waals surface area contributed by atoms with E-state index in [9.17, 15) is 14.3 Å². The van der Waals surface area contributed by atoms with Crippen molar-refractivity contribution in [1.82, 2.24) is 0 Å². The molecule has 15 heavy (non-hydrogen) atoms. The van der Waals surface area contributed by atoms with E-state index in [2.05, 4.69) is 0 Å². The van der Waals surface area contributed by atoms with Crippen molar-refractivity contribution in [3.8, 4) is 5.75 Å². The molecule has 4 heteroatoms. The van der Waals surface area contributed by atoms with Gasteiger partial charge < -0.3 is 5.11 Å². The minimum absolute atomic E-state index is 0.0338. The van der Waals surface area contributed by atoms with E-state index in [4.69, 9.17) is 11.6 Å². The summed E-state index contributed by atoms with van der Waals surface area (Å²) in [5, 5.41) is 9.34. The van der Waals surface area contributed by atoms with Gasteiger partial charge in [0, 0.05) is 6.42 Å². The largest absolute Gasteiger partial charge is 0.506 e. The first kappa shape index (κ1) is 12.0. The molecule has 1 rings (SSSR count). The van der Waals surface area contributed by atoms with E-state index in [-0.39, 0.29) is 22.1 Å². The van der Waals surface area contributed by atoms with E-state index >= 15 is 0 Å². The average molecular weight is 231 g/mol. The first-order valence-electron chi connectivity index (χ1n) is 4.77. The molecule has 2 nitrogen and oxygen atoms in total. The molecular formula is C11H12ClFO2. The molecule has 0 aliphatic rings. The summed E-state index contributed by atoms with van der Waals surface area (Å²) in [5.74, 6) is -1.23. The van der Waals surface area contributed by atoms with Gasteiger partial charge in [0.2, 0.25) is 0 Å². The summed E-state index contributed by atoms with van der Waals surface area (Å²) >= 11 is 5.55. The second-order valence-electron chi connectivity index (χ2n) is 3.31. The van der Waals surface area contributed by atoms with Crippen LogP contribution in [0.2, 0.25) is 5.02 Å². The van der Waals surface area contributed by atoms with Crippen molar-refractivity contribution < 1.29 is 14.3 Å². The Kier molecular flexibility index (Phi) is 4.09. The first-order chi connectivity index (χ1) is 7.06. The molecule has 0 unspecified atom stereocenters. The Labute approximate surface area is 92.7 Å². The van der Waals surface area contributed by atoms with Gasteiger partial charge >= 0.3 is 0 Å². The fourth-order valence-electron chi connectivity index (χ4n) is 1.25. The Balaban J connectivity index is 2.98. The van der Waals surface area contributed by atoms with Gasteiger partial charge in [0.15, 0.2) is 5.78 Å². The third kappa shape index (κ3) is 2.93. The molecule has 0 amide bonds. The van der Waals surface area contributed by atoms with Crippen LogP contribution in [0.15, 0.2) is 12.1 Å². The number of ketones is 1. The SMILES string of the molecule is CCCCC(=O)c1cc(F)cc(Cl)c1O. The smallest absolute Gasteiger partial charge is 0.166 e. The second-order valence-corrected chi connectivity index (χ2v) is 3.72. The maximum Gasteiger partial charge on any atom is 0.166 e. The molecule has 0 spiro atoms. The fourth-order valence-corrected chi connectivity index (χ4v) is 1.46. The van der Waals surface area contributed by atoms with Crippen molar-refractivity contribution >= 4 is 17.4 Å². The van der Waals surface area contributed by atoms with Crippen LogP contribution in [0.25, 0.3) is 0 Å². The Morgan fingerprint density at radius 2 is 2.20 bits per heavy atom. The van der Waals surface area contributed by atoms with E-state index in [0.29, 0.717) is 12.8 Å². The summed E-state index contributed by atoms with van der Waals surface area (Å²) < 4.78 is 12.9. The Hall–Kier alpha value is -1.09. The standard InChI is InChI=1S/C11H12ClFO2/c1-2-3-4-10(14)8-5-7(13)6-9(12)11(8)15/h5-6,15H,2-4H2,1H3. The average Bonchev–Trinajstić information content (AvgIpc) is 2.19. The van der Waals surface area contributed by atoms with Crippen LogP contribution in [-0.2, 0) is 0 Å². The third-order valence-corrected chi connectivity index (χ3v) is 2.37. The maximum absolute atomic E-state index is 12.9. The molecular weight excluding hydrogens is 219 g/mol. The minimum atomic E-state index is -0.613. The normalized spacial score (nSPS) is 10.3. The van der Waals surface area contributed by atoms with Crippen LogP contribution in [0.5, 0.6) is 5.75 Å².